The monoisotopic (exact) mass is 455 g/mol. The molecule has 2 saturated heterocycles. The molecule has 2 aliphatic heterocycles. The summed E-state index contributed by atoms with van der Waals surface area (Å²) >= 11 is 1.87. The highest BCUT2D eigenvalue weighted by atomic mass is 32.2. The van der Waals surface area contributed by atoms with Gasteiger partial charge in [-0.15, -0.1) is 0 Å². The molecule has 0 bridgehead atoms. The van der Waals surface area contributed by atoms with Crippen LogP contribution < -0.4 is 27.2 Å². The van der Waals surface area contributed by atoms with Crippen LogP contribution in [0.1, 0.15) is 31.2 Å². The molecule has 2 aromatic rings. The highest BCUT2D eigenvalue weighted by Gasteiger charge is 2.42. The zero-order chi connectivity index (χ0) is 22.5. The molecule has 32 heavy (non-hydrogen) atoms. The van der Waals surface area contributed by atoms with Crippen molar-refractivity contribution in [3.8, 4) is 0 Å². The Bertz CT molecular complexity index is 1000. The fraction of sp³-hybridized carbons (Fsp3) is 0.435. The average Bonchev–Trinajstić information content (AvgIpc) is 3.35. The maximum absolute atomic E-state index is 12.5. The summed E-state index contributed by atoms with van der Waals surface area (Å²) < 4.78 is 0. The van der Waals surface area contributed by atoms with Crippen molar-refractivity contribution in [2.24, 2.45) is 5.84 Å². The topological polar surface area (TPSA) is 125 Å². The quantitative estimate of drug-likeness (QED) is 0.129. The number of hydrazine groups is 1. The van der Waals surface area contributed by atoms with Crippen LogP contribution in [0.3, 0.4) is 0 Å². The number of hydrogen-bond donors (Lipinski definition) is 5. The van der Waals surface area contributed by atoms with E-state index in [2.05, 4.69) is 21.4 Å². The molecule has 4 amide bonds. The molecule has 0 unspecified atom stereocenters. The van der Waals surface area contributed by atoms with Gasteiger partial charge < -0.3 is 16.0 Å². The Morgan fingerprint density at radius 2 is 1.94 bits per heavy atom. The van der Waals surface area contributed by atoms with Crippen LogP contribution >= 0.6 is 11.8 Å². The standard InChI is InChI=1S/C23H29N5O3S/c24-28-22(30)17(12-14-9-10-15-5-1-2-6-16(15)11-14)25-20(29)8-4-3-7-19-21-18(13-32-19)26-23(31)27-21/h1-2,5-6,9-11,17-19,21H,3-4,7-8,12-13,24H2,(H,25,29)(H,28,30)(H2,26,27,31)/t17-,18-,19-,21-/m0/s1. The van der Waals surface area contributed by atoms with Crippen molar-refractivity contribution < 1.29 is 14.4 Å². The largest absolute Gasteiger partial charge is 0.344 e. The maximum atomic E-state index is 12.5. The first-order valence-corrected chi connectivity index (χ1v) is 12.0. The molecule has 170 valence electrons. The normalized spacial score (nSPS) is 22.7. The van der Waals surface area contributed by atoms with E-state index in [1.807, 2.05) is 54.2 Å². The van der Waals surface area contributed by atoms with E-state index in [9.17, 15) is 14.4 Å². The van der Waals surface area contributed by atoms with Gasteiger partial charge in [0.05, 0.1) is 12.1 Å². The summed E-state index contributed by atoms with van der Waals surface area (Å²) in [6.07, 6.45) is 3.29. The molecule has 0 aromatic heterocycles. The summed E-state index contributed by atoms with van der Waals surface area (Å²) in [5.74, 6) is 5.71. The lowest BCUT2D eigenvalue weighted by Gasteiger charge is -2.18. The minimum Gasteiger partial charge on any atom is -0.344 e. The third-order valence-corrected chi connectivity index (χ3v) is 7.64. The van der Waals surface area contributed by atoms with Gasteiger partial charge in [-0.1, -0.05) is 48.9 Å². The van der Waals surface area contributed by atoms with Gasteiger partial charge in [-0.05, 0) is 29.2 Å². The van der Waals surface area contributed by atoms with Gasteiger partial charge in [-0.3, -0.25) is 15.0 Å². The van der Waals surface area contributed by atoms with E-state index in [0.717, 1.165) is 41.4 Å². The van der Waals surface area contributed by atoms with Crippen LogP contribution in [0.5, 0.6) is 0 Å². The molecule has 8 nitrogen and oxygen atoms in total. The second kappa shape index (κ2) is 10.2. The van der Waals surface area contributed by atoms with E-state index < -0.39 is 11.9 Å². The second-order valence-corrected chi connectivity index (χ2v) is 9.65. The summed E-state index contributed by atoms with van der Waals surface area (Å²) in [7, 11) is 0. The maximum Gasteiger partial charge on any atom is 0.315 e. The molecule has 2 aromatic carbocycles. The van der Waals surface area contributed by atoms with E-state index in [4.69, 9.17) is 5.84 Å². The number of fused-ring (bicyclic) bond motifs is 2. The van der Waals surface area contributed by atoms with Gasteiger partial charge in [-0.25, -0.2) is 10.6 Å². The minimum absolute atomic E-state index is 0.0830. The van der Waals surface area contributed by atoms with Crippen LogP contribution in [0, 0.1) is 0 Å². The molecule has 0 radical (unpaired) electrons. The predicted molar refractivity (Wildman–Crippen MR) is 126 cm³/mol. The third-order valence-electron chi connectivity index (χ3n) is 6.13. The van der Waals surface area contributed by atoms with Gasteiger partial charge in [0.25, 0.3) is 5.91 Å². The first-order chi connectivity index (χ1) is 15.5. The molecule has 2 heterocycles. The lowest BCUT2D eigenvalue weighted by molar-refractivity contribution is -0.129. The Labute approximate surface area is 191 Å². The number of carbonyl (C=O) groups is 3. The third kappa shape index (κ3) is 5.34. The highest BCUT2D eigenvalue weighted by molar-refractivity contribution is 8.00. The molecule has 4 rings (SSSR count). The summed E-state index contributed by atoms with van der Waals surface area (Å²) in [6.45, 7) is 0. The van der Waals surface area contributed by atoms with E-state index in [1.165, 1.54) is 0 Å². The smallest absolute Gasteiger partial charge is 0.315 e. The van der Waals surface area contributed by atoms with Crippen LogP contribution in [0.15, 0.2) is 42.5 Å². The fourth-order valence-corrected chi connectivity index (χ4v) is 6.00. The molecular formula is C23H29N5O3S. The van der Waals surface area contributed by atoms with Crippen LogP contribution in [0.2, 0.25) is 0 Å². The lowest BCUT2D eigenvalue weighted by atomic mass is 10.0. The summed E-state index contributed by atoms with van der Waals surface area (Å²) in [4.78, 5) is 36.2. The van der Waals surface area contributed by atoms with Crippen molar-refractivity contribution in [1.29, 1.82) is 0 Å². The van der Waals surface area contributed by atoms with Crippen molar-refractivity contribution in [2.75, 3.05) is 5.75 Å². The summed E-state index contributed by atoms with van der Waals surface area (Å²) in [5.41, 5.74) is 3.12. The lowest BCUT2D eigenvalue weighted by Crippen LogP contribution is -2.50. The van der Waals surface area contributed by atoms with Crippen LogP contribution in [0.25, 0.3) is 10.8 Å². The molecule has 2 fully saturated rings. The fourth-order valence-electron chi connectivity index (χ4n) is 4.45. The Hall–Kier alpha value is -2.78. The number of unbranched alkanes of at least 4 members (excludes halogenated alkanes) is 1. The Morgan fingerprint density at radius 1 is 1.12 bits per heavy atom. The molecular weight excluding hydrogens is 426 g/mol. The van der Waals surface area contributed by atoms with Crippen LogP contribution in [0.4, 0.5) is 4.79 Å². The Morgan fingerprint density at radius 3 is 2.75 bits per heavy atom. The predicted octanol–water partition coefficient (Wildman–Crippen LogP) is 1.58. The molecule has 6 N–H and O–H groups in total. The van der Waals surface area contributed by atoms with E-state index in [-0.39, 0.29) is 24.0 Å². The average molecular weight is 456 g/mol. The van der Waals surface area contributed by atoms with Gasteiger partial charge in [0.15, 0.2) is 0 Å². The number of hydrogen-bond acceptors (Lipinski definition) is 5. The summed E-state index contributed by atoms with van der Waals surface area (Å²) in [5, 5.41) is 11.4. The number of nitrogens with two attached hydrogens (primary N) is 1. The highest BCUT2D eigenvalue weighted by Crippen LogP contribution is 2.33. The van der Waals surface area contributed by atoms with Crippen molar-refractivity contribution in [3.63, 3.8) is 0 Å². The zero-order valence-corrected chi connectivity index (χ0v) is 18.6. The number of nitrogens with one attached hydrogen (secondary N) is 4. The number of carbonyl (C=O) groups excluding carboxylic acids is 3. The SMILES string of the molecule is NNC(=O)[C@H](Cc1ccc2ccccc2c1)NC(=O)CCCC[C@@H]1SC[C@@H]2NC(=O)N[C@@H]21. The molecule has 9 heteroatoms. The number of benzene rings is 2. The molecule has 0 saturated carbocycles. The molecule has 0 aliphatic carbocycles. The van der Waals surface area contributed by atoms with Crippen molar-refractivity contribution in [3.05, 3.63) is 48.0 Å². The zero-order valence-electron chi connectivity index (χ0n) is 17.8. The number of amides is 4. The second-order valence-electron chi connectivity index (χ2n) is 8.38. The van der Waals surface area contributed by atoms with Gasteiger partial charge in [-0.2, -0.15) is 11.8 Å². The first-order valence-electron chi connectivity index (χ1n) is 11.0. The van der Waals surface area contributed by atoms with Crippen molar-refractivity contribution >= 4 is 40.4 Å². The van der Waals surface area contributed by atoms with Crippen molar-refractivity contribution in [1.82, 2.24) is 21.4 Å². The molecule has 4 atom stereocenters. The van der Waals surface area contributed by atoms with E-state index >= 15 is 0 Å². The van der Waals surface area contributed by atoms with Gasteiger partial charge >= 0.3 is 6.03 Å². The Balaban J connectivity index is 1.25. The van der Waals surface area contributed by atoms with Gasteiger partial charge in [0.2, 0.25) is 5.91 Å². The van der Waals surface area contributed by atoms with Gasteiger partial charge in [0.1, 0.15) is 6.04 Å². The van der Waals surface area contributed by atoms with Crippen LogP contribution in [-0.4, -0.2) is 47.0 Å². The minimum atomic E-state index is -0.723. The summed E-state index contributed by atoms with van der Waals surface area (Å²) in [6, 6.07) is 13.6. The first kappa shape index (κ1) is 22.4. The van der Waals surface area contributed by atoms with Crippen LogP contribution in [-0.2, 0) is 16.0 Å². The number of urea groups is 1. The molecule has 2 aliphatic rings. The Kier molecular flexibility index (Phi) is 7.16. The molecule has 0 spiro atoms. The van der Waals surface area contributed by atoms with Crippen molar-refractivity contribution in [2.45, 2.75) is 55.5 Å². The van der Waals surface area contributed by atoms with Gasteiger partial charge in [0, 0.05) is 23.8 Å². The number of rotatable bonds is 9. The number of thioether (sulfide) groups is 1. The van der Waals surface area contributed by atoms with E-state index in [0.29, 0.717) is 18.1 Å². The van der Waals surface area contributed by atoms with E-state index in [1.54, 1.807) is 0 Å².